The van der Waals surface area contributed by atoms with E-state index >= 15 is 0 Å². The van der Waals surface area contributed by atoms with Crippen molar-refractivity contribution in [1.82, 2.24) is 4.90 Å². The summed E-state index contributed by atoms with van der Waals surface area (Å²) in [5.41, 5.74) is -0.130. The zero-order chi connectivity index (χ0) is 8.28. The van der Waals surface area contributed by atoms with Gasteiger partial charge in [-0.1, -0.05) is 6.08 Å². The molecule has 0 saturated carbocycles. The van der Waals surface area contributed by atoms with Crippen LogP contribution in [0.3, 0.4) is 0 Å². The average Bonchev–Trinajstić information content (AvgIpc) is 2.53. The molecule has 0 radical (unpaired) electrons. The third-order valence-electron chi connectivity index (χ3n) is 2.86. The second-order valence-electron chi connectivity index (χ2n) is 3.47. The van der Waals surface area contributed by atoms with E-state index in [0.717, 1.165) is 5.57 Å². The summed E-state index contributed by atoms with van der Waals surface area (Å²) >= 11 is 0. The Morgan fingerprint density at radius 1 is 1.55 bits per heavy atom. The number of rotatable bonds is 0. The van der Waals surface area contributed by atoms with Crippen molar-refractivity contribution in [2.45, 2.75) is 24.8 Å². The van der Waals surface area contributed by atoms with E-state index in [2.05, 4.69) is 0 Å². The molecule has 0 N–H and O–H groups in total. The molecular weight excluding hydrogens is 148 g/mol. The molecule has 0 amide bonds. The molecule has 11 heavy (non-hydrogen) atoms. The number of likely N-dealkylation sites (tertiary alicyclic amines) is 1. The van der Waals surface area contributed by atoms with Crippen LogP contribution in [0, 0.1) is 0 Å². The molecule has 1 unspecified atom stereocenters. The van der Waals surface area contributed by atoms with E-state index in [1.54, 1.807) is 24.9 Å². The minimum absolute atomic E-state index is 0.00264. The zero-order valence-corrected chi connectivity index (χ0v) is 6.69. The molecule has 62 valence electrons. The summed E-state index contributed by atoms with van der Waals surface area (Å²) in [5, 5.41) is 0. The predicted octanol–water partition coefficient (Wildman–Crippen LogP) is 1.66. The smallest absolute Gasteiger partial charge is 0.274 e. The molecule has 1 heterocycles. The van der Waals surface area contributed by atoms with Gasteiger partial charge in [0.2, 0.25) is 0 Å². The predicted molar refractivity (Wildman–Crippen MR) is 38.7 cm³/mol. The largest absolute Gasteiger partial charge is 0.288 e. The molecule has 2 aliphatic rings. The quantitative estimate of drug-likeness (QED) is 0.486. The first-order valence-electron chi connectivity index (χ1n) is 3.80. The van der Waals surface area contributed by atoms with Crippen molar-refractivity contribution in [3.63, 3.8) is 0 Å². The van der Waals surface area contributed by atoms with Crippen LogP contribution in [0.15, 0.2) is 11.6 Å². The Hall–Kier alpha value is -0.440. The topological polar surface area (TPSA) is 3.24 Å². The average molecular weight is 159 g/mol. The lowest BCUT2D eigenvalue weighted by molar-refractivity contribution is -0.0331. The molecule has 1 nitrogen and oxygen atoms in total. The van der Waals surface area contributed by atoms with E-state index in [1.165, 1.54) is 0 Å². The standard InChI is InChI=1S/C8H11F2N/c1-6-5-7(6)8(9,10)3-4-11(7)2/h5H,3-4H2,1-2H3. The Morgan fingerprint density at radius 2 is 2.09 bits per heavy atom. The monoisotopic (exact) mass is 159 g/mol. The maximum Gasteiger partial charge on any atom is 0.274 e. The molecule has 0 aromatic heterocycles. The van der Waals surface area contributed by atoms with E-state index in [1.807, 2.05) is 0 Å². The van der Waals surface area contributed by atoms with E-state index in [4.69, 9.17) is 0 Å². The van der Waals surface area contributed by atoms with Crippen LogP contribution in [0.25, 0.3) is 0 Å². The zero-order valence-electron chi connectivity index (χ0n) is 6.69. The van der Waals surface area contributed by atoms with Gasteiger partial charge in [-0.2, -0.15) is 0 Å². The van der Waals surface area contributed by atoms with Crippen molar-refractivity contribution in [1.29, 1.82) is 0 Å². The molecule has 1 atom stereocenters. The molecule has 1 aliphatic carbocycles. The van der Waals surface area contributed by atoms with Crippen molar-refractivity contribution in [3.8, 4) is 0 Å². The Labute approximate surface area is 64.7 Å². The number of halogens is 2. The fourth-order valence-corrected chi connectivity index (χ4v) is 2.04. The lowest BCUT2D eigenvalue weighted by atomic mass is 10.0. The molecular formula is C8H11F2N. The Balaban J connectivity index is 2.31. The highest BCUT2D eigenvalue weighted by atomic mass is 19.3. The Kier molecular flexibility index (Phi) is 1.09. The van der Waals surface area contributed by atoms with Crippen LogP contribution < -0.4 is 0 Å². The molecule has 1 saturated heterocycles. The van der Waals surface area contributed by atoms with E-state index in [-0.39, 0.29) is 6.42 Å². The molecule has 1 spiro atoms. The molecule has 0 aromatic rings. The Bertz CT molecular complexity index is 234. The second-order valence-corrected chi connectivity index (χ2v) is 3.47. The second kappa shape index (κ2) is 1.66. The van der Waals surface area contributed by atoms with Crippen molar-refractivity contribution in [3.05, 3.63) is 11.6 Å². The summed E-state index contributed by atoms with van der Waals surface area (Å²) in [6.07, 6.45) is 1.66. The lowest BCUT2D eigenvalue weighted by Gasteiger charge is -2.25. The molecule has 1 fully saturated rings. The van der Waals surface area contributed by atoms with Gasteiger partial charge in [0, 0.05) is 13.0 Å². The van der Waals surface area contributed by atoms with Gasteiger partial charge in [-0.15, -0.1) is 0 Å². The summed E-state index contributed by atoms with van der Waals surface area (Å²) in [6.45, 7) is 2.27. The van der Waals surface area contributed by atoms with Gasteiger partial charge in [0.25, 0.3) is 5.92 Å². The van der Waals surface area contributed by atoms with Crippen LogP contribution in [-0.4, -0.2) is 30.0 Å². The van der Waals surface area contributed by atoms with E-state index in [9.17, 15) is 8.78 Å². The van der Waals surface area contributed by atoms with Crippen molar-refractivity contribution in [2.75, 3.05) is 13.6 Å². The first-order chi connectivity index (χ1) is 5.01. The third kappa shape index (κ3) is 0.625. The van der Waals surface area contributed by atoms with E-state index in [0.29, 0.717) is 6.54 Å². The highest BCUT2D eigenvalue weighted by molar-refractivity contribution is 5.49. The number of hydrogen-bond donors (Lipinski definition) is 0. The molecule has 3 heteroatoms. The highest BCUT2D eigenvalue weighted by Crippen LogP contribution is 2.55. The summed E-state index contributed by atoms with van der Waals surface area (Å²) in [4.78, 5) is 1.74. The van der Waals surface area contributed by atoms with Gasteiger partial charge in [-0.25, -0.2) is 8.78 Å². The fraction of sp³-hybridized carbons (Fsp3) is 0.750. The maximum absolute atomic E-state index is 13.2. The first kappa shape index (κ1) is 7.22. The summed E-state index contributed by atoms with van der Waals surface area (Å²) in [6, 6.07) is 0. The highest BCUT2D eigenvalue weighted by Gasteiger charge is 2.66. The van der Waals surface area contributed by atoms with Crippen molar-refractivity contribution in [2.24, 2.45) is 0 Å². The van der Waals surface area contributed by atoms with Crippen LogP contribution in [0.5, 0.6) is 0 Å². The minimum atomic E-state index is -2.52. The number of nitrogens with zero attached hydrogens (tertiary/aromatic N) is 1. The summed E-state index contributed by atoms with van der Waals surface area (Å²) in [5.74, 6) is -2.52. The maximum atomic E-state index is 13.2. The van der Waals surface area contributed by atoms with Crippen LogP contribution in [-0.2, 0) is 0 Å². The third-order valence-corrected chi connectivity index (χ3v) is 2.86. The number of alkyl halides is 2. The van der Waals surface area contributed by atoms with Crippen molar-refractivity contribution >= 4 is 0 Å². The van der Waals surface area contributed by atoms with Crippen molar-refractivity contribution < 1.29 is 8.78 Å². The van der Waals surface area contributed by atoms with Gasteiger partial charge >= 0.3 is 0 Å². The number of likely N-dealkylation sites (N-methyl/N-ethyl adjacent to an activating group) is 1. The van der Waals surface area contributed by atoms with Gasteiger partial charge < -0.3 is 0 Å². The van der Waals surface area contributed by atoms with E-state index < -0.39 is 11.5 Å². The van der Waals surface area contributed by atoms with Gasteiger partial charge in [0.05, 0.1) is 0 Å². The Morgan fingerprint density at radius 3 is 2.27 bits per heavy atom. The van der Waals surface area contributed by atoms with Gasteiger partial charge in [0.1, 0.15) is 5.54 Å². The summed E-state index contributed by atoms with van der Waals surface area (Å²) < 4.78 is 26.4. The molecule has 0 aromatic carbocycles. The van der Waals surface area contributed by atoms with Gasteiger partial charge in [-0.05, 0) is 19.5 Å². The van der Waals surface area contributed by atoms with Crippen LogP contribution >= 0.6 is 0 Å². The molecule has 2 rings (SSSR count). The van der Waals surface area contributed by atoms with Gasteiger partial charge in [-0.3, -0.25) is 4.90 Å². The summed E-state index contributed by atoms with van der Waals surface area (Å²) in [7, 11) is 1.76. The molecule has 1 aliphatic heterocycles. The minimum Gasteiger partial charge on any atom is -0.288 e. The number of hydrogen-bond acceptors (Lipinski definition) is 1. The fourth-order valence-electron chi connectivity index (χ4n) is 2.04. The SMILES string of the molecule is CC1=CC12N(C)CCC2(F)F. The van der Waals surface area contributed by atoms with Crippen LogP contribution in [0.1, 0.15) is 13.3 Å². The lowest BCUT2D eigenvalue weighted by Crippen LogP contribution is -2.42. The van der Waals surface area contributed by atoms with Crippen LogP contribution in [0.4, 0.5) is 8.78 Å². The molecule has 0 bridgehead atoms. The normalized spacial score (nSPS) is 41.3. The first-order valence-corrected chi connectivity index (χ1v) is 3.80. The van der Waals surface area contributed by atoms with Crippen LogP contribution in [0.2, 0.25) is 0 Å². The van der Waals surface area contributed by atoms with Gasteiger partial charge in [0.15, 0.2) is 0 Å².